The van der Waals surface area contributed by atoms with Gasteiger partial charge in [0.1, 0.15) is 0 Å². The molecule has 0 fully saturated rings. The number of hydrogen-bond donors (Lipinski definition) is 1. The Labute approximate surface area is 173 Å². The first-order chi connectivity index (χ1) is 14.8. The van der Waals surface area contributed by atoms with E-state index in [4.69, 9.17) is 9.05 Å². The van der Waals surface area contributed by atoms with Crippen molar-refractivity contribution in [3.63, 3.8) is 0 Å². The number of nitrogens with zero attached hydrogens (tertiary/aromatic N) is 5. The third kappa shape index (κ3) is 3.76. The molecule has 0 saturated carbocycles. The highest BCUT2D eigenvalue weighted by molar-refractivity contribution is 5.91. The van der Waals surface area contributed by atoms with Crippen LogP contribution in [0.1, 0.15) is 48.5 Å². The Hall–Kier alpha value is -3.70. The van der Waals surface area contributed by atoms with Crippen molar-refractivity contribution in [3.05, 3.63) is 47.1 Å². The van der Waals surface area contributed by atoms with E-state index < -0.39 is 46.4 Å². The maximum absolute atomic E-state index is 14.0. The number of hydrogen-bond acceptors (Lipinski definition) is 8. The molecule has 0 aliphatic carbocycles. The summed E-state index contributed by atoms with van der Waals surface area (Å²) in [5.74, 6) is -6.71. The first kappa shape index (κ1) is 20.6. The Morgan fingerprint density at radius 1 is 1.13 bits per heavy atom. The van der Waals surface area contributed by atoms with E-state index in [0.717, 1.165) is 5.57 Å². The molecule has 0 unspecified atom stereocenters. The van der Waals surface area contributed by atoms with Crippen molar-refractivity contribution in [1.29, 1.82) is 0 Å². The SMILES string of the molecule is CC(C)c1noc(C2=CCN(C(=O)c3noc(-c4cc(F)c(F)c(O)c4F)n3)CC2)n1. The fourth-order valence-electron chi connectivity index (χ4n) is 2.95. The first-order valence-electron chi connectivity index (χ1n) is 9.29. The Balaban J connectivity index is 1.51. The molecule has 0 saturated heterocycles. The van der Waals surface area contributed by atoms with Gasteiger partial charge in [-0.15, -0.1) is 0 Å². The summed E-state index contributed by atoms with van der Waals surface area (Å²) in [6.07, 6.45) is 2.20. The van der Waals surface area contributed by atoms with Crippen LogP contribution in [0.25, 0.3) is 17.0 Å². The Morgan fingerprint density at radius 3 is 2.52 bits per heavy atom. The van der Waals surface area contributed by atoms with Crippen LogP contribution in [0.4, 0.5) is 13.2 Å². The summed E-state index contributed by atoms with van der Waals surface area (Å²) in [5, 5.41) is 16.7. The number of benzene rings is 1. The zero-order valence-electron chi connectivity index (χ0n) is 16.4. The van der Waals surface area contributed by atoms with Gasteiger partial charge in [-0.2, -0.15) is 14.4 Å². The van der Waals surface area contributed by atoms with Gasteiger partial charge in [-0.1, -0.05) is 30.2 Å². The number of carbonyl (C=O) groups is 1. The minimum atomic E-state index is -1.74. The number of rotatable bonds is 4. The maximum atomic E-state index is 14.0. The van der Waals surface area contributed by atoms with E-state index in [1.54, 1.807) is 6.08 Å². The minimum absolute atomic E-state index is 0.119. The van der Waals surface area contributed by atoms with Gasteiger partial charge in [0.15, 0.2) is 23.2 Å². The summed E-state index contributed by atoms with van der Waals surface area (Å²) >= 11 is 0. The summed E-state index contributed by atoms with van der Waals surface area (Å²) in [6.45, 7) is 4.39. The summed E-state index contributed by atoms with van der Waals surface area (Å²) in [7, 11) is 0. The highest BCUT2D eigenvalue weighted by Crippen LogP contribution is 2.32. The standard InChI is InChI=1S/C19H16F3N5O4/c1-8(2)15-23-17(30-25-15)9-3-5-27(6-4-9)19(29)16-24-18(31-26-16)10-7-11(20)13(22)14(28)12(10)21/h3,7-8,28H,4-6H2,1-2H3. The van der Waals surface area contributed by atoms with Gasteiger partial charge in [0.25, 0.3) is 23.5 Å². The lowest BCUT2D eigenvalue weighted by Gasteiger charge is -2.23. The molecule has 1 aliphatic rings. The largest absolute Gasteiger partial charge is 0.503 e. The minimum Gasteiger partial charge on any atom is -0.503 e. The maximum Gasteiger partial charge on any atom is 0.295 e. The van der Waals surface area contributed by atoms with Crippen LogP contribution >= 0.6 is 0 Å². The molecule has 1 N–H and O–H groups in total. The molecule has 1 aliphatic heterocycles. The zero-order chi connectivity index (χ0) is 22.3. The van der Waals surface area contributed by atoms with Crippen LogP contribution in [-0.4, -0.2) is 49.3 Å². The second-order valence-corrected chi connectivity index (χ2v) is 7.15. The monoisotopic (exact) mass is 435 g/mol. The molecule has 0 radical (unpaired) electrons. The molecule has 2 aromatic heterocycles. The van der Waals surface area contributed by atoms with Gasteiger partial charge in [-0.25, -0.2) is 8.78 Å². The van der Waals surface area contributed by atoms with Gasteiger partial charge >= 0.3 is 0 Å². The van der Waals surface area contributed by atoms with Crippen molar-refractivity contribution in [2.45, 2.75) is 26.2 Å². The van der Waals surface area contributed by atoms with Crippen molar-refractivity contribution in [2.75, 3.05) is 13.1 Å². The number of aromatic hydroxyl groups is 1. The second-order valence-electron chi connectivity index (χ2n) is 7.15. The zero-order valence-corrected chi connectivity index (χ0v) is 16.4. The molecule has 0 spiro atoms. The molecule has 0 bridgehead atoms. The fourth-order valence-corrected chi connectivity index (χ4v) is 2.95. The molecule has 31 heavy (non-hydrogen) atoms. The number of halogens is 3. The van der Waals surface area contributed by atoms with Crippen LogP contribution in [0.15, 0.2) is 21.2 Å². The van der Waals surface area contributed by atoms with Crippen LogP contribution in [0.5, 0.6) is 5.75 Å². The topological polar surface area (TPSA) is 118 Å². The van der Waals surface area contributed by atoms with Crippen LogP contribution in [0.3, 0.4) is 0 Å². The van der Waals surface area contributed by atoms with Crippen molar-refractivity contribution in [3.8, 4) is 17.2 Å². The van der Waals surface area contributed by atoms with E-state index in [1.807, 2.05) is 13.8 Å². The van der Waals surface area contributed by atoms with Crippen molar-refractivity contribution in [2.24, 2.45) is 0 Å². The van der Waals surface area contributed by atoms with Crippen LogP contribution in [0.2, 0.25) is 0 Å². The fraction of sp³-hybridized carbons (Fsp3) is 0.316. The Bertz CT molecular complexity index is 1190. The quantitative estimate of drug-likeness (QED) is 0.620. The lowest BCUT2D eigenvalue weighted by atomic mass is 10.1. The lowest BCUT2D eigenvalue weighted by Crippen LogP contribution is -2.35. The number of carbonyl (C=O) groups excluding carboxylic acids is 1. The third-order valence-corrected chi connectivity index (χ3v) is 4.71. The van der Waals surface area contributed by atoms with Crippen molar-refractivity contribution < 1.29 is 32.1 Å². The van der Waals surface area contributed by atoms with E-state index in [1.165, 1.54) is 4.90 Å². The summed E-state index contributed by atoms with van der Waals surface area (Å²) < 4.78 is 50.8. The van der Waals surface area contributed by atoms with Gasteiger partial charge in [0, 0.05) is 24.6 Å². The average Bonchev–Trinajstić information content (AvgIpc) is 3.45. The van der Waals surface area contributed by atoms with Gasteiger partial charge in [0.2, 0.25) is 5.82 Å². The van der Waals surface area contributed by atoms with Crippen molar-refractivity contribution in [1.82, 2.24) is 25.2 Å². The molecule has 1 aromatic carbocycles. The van der Waals surface area contributed by atoms with Gasteiger partial charge in [-0.3, -0.25) is 4.79 Å². The molecule has 162 valence electrons. The normalized spacial score (nSPS) is 14.3. The molecular weight excluding hydrogens is 419 g/mol. The average molecular weight is 435 g/mol. The Kier molecular flexibility index (Phi) is 5.21. The smallest absolute Gasteiger partial charge is 0.295 e. The van der Waals surface area contributed by atoms with E-state index in [-0.39, 0.29) is 12.5 Å². The van der Waals surface area contributed by atoms with Gasteiger partial charge < -0.3 is 19.1 Å². The van der Waals surface area contributed by atoms with Crippen LogP contribution in [0, 0.1) is 17.5 Å². The number of aromatic nitrogens is 4. The highest BCUT2D eigenvalue weighted by atomic mass is 19.2. The van der Waals surface area contributed by atoms with E-state index in [2.05, 4.69) is 20.3 Å². The molecule has 9 nitrogen and oxygen atoms in total. The molecular formula is C19H16F3N5O4. The third-order valence-electron chi connectivity index (χ3n) is 4.71. The van der Waals surface area contributed by atoms with Crippen LogP contribution in [-0.2, 0) is 0 Å². The molecule has 3 heterocycles. The summed E-state index contributed by atoms with van der Waals surface area (Å²) in [6, 6.07) is 0.456. The number of phenolic OH excluding ortho intramolecular Hbond substituents is 1. The summed E-state index contributed by atoms with van der Waals surface area (Å²) in [5.41, 5.74) is 0.137. The Morgan fingerprint density at radius 2 is 1.87 bits per heavy atom. The van der Waals surface area contributed by atoms with Crippen molar-refractivity contribution >= 4 is 11.5 Å². The molecule has 4 rings (SSSR count). The lowest BCUT2D eigenvalue weighted by molar-refractivity contribution is 0.0757. The highest BCUT2D eigenvalue weighted by Gasteiger charge is 2.28. The predicted octanol–water partition coefficient (Wildman–Crippen LogP) is 3.30. The first-order valence-corrected chi connectivity index (χ1v) is 9.29. The molecule has 12 heteroatoms. The number of phenols is 1. The number of amides is 1. The van der Waals surface area contributed by atoms with E-state index in [0.29, 0.717) is 30.7 Å². The van der Waals surface area contributed by atoms with Gasteiger partial charge in [0.05, 0.1) is 5.56 Å². The van der Waals surface area contributed by atoms with E-state index >= 15 is 0 Å². The summed E-state index contributed by atoms with van der Waals surface area (Å²) in [4.78, 5) is 22.1. The van der Waals surface area contributed by atoms with Crippen LogP contribution < -0.4 is 0 Å². The van der Waals surface area contributed by atoms with E-state index in [9.17, 15) is 23.1 Å². The molecule has 3 aromatic rings. The molecule has 1 amide bonds. The second kappa shape index (κ2) is 7.85. The predicted molar refractivity (Wildman–Crippen MR) is 98.2 cm³/mol. The van der Waals surface area contributed by atoms with Gasteiger partial charge in [-0.05, 0) is 12.5 Å². The molecule has 0 atom stereocenters.